The normalized spacial score (nSPS) is 10.8. The van der Waals surface area contributed by atoms with Crippen LogP contribution in [-0.2, 0) is 18.3 Å². The molecule has 2 N–H and O–H groups in total. The van der Waals surface area contributed by atoms with Gasteiger partial charge in [0.1, 0.15) is 5.75 Å². The number of methoxy groups -OCH3 is 1. The lowest BCUT2D eigenvalue weighted by molar-refractivity contribution is -0.111. The molecular formula is C25H26N6O2. The van der Waals surface area contributed by atoms with E-state index in [9.17, 15) is 4.79 Å². The van der Waals surface area contributed by atoms with Crippen LogP contribution in [-0.4, -0.2) is 32.8 Å². The summed E-state index contributed by atoms with van der Waals surface area (Å²) in [7, 11) is 3.51. The number of anilines is 3. The maximum Gasteiger partial charge on any atom is 0.247 e. The largest absolute Gasteiger partial charge is 0.495 e. The molecule has 0 spiro atoms. The van der Waals surface area contributed by atoms with Crippen LogP contribution in [0.15, 0.2) is 61.3 Å². The molecule has 2 aromatic carbocycles. The number of nitrogens with one attached hydrogen (secondary N) is 2. The summed E-state index contributed by atoms with van der Waals surface area (Å²) >= 11 is 0. The van der Waals surface area contributed by atoms with E-state index in [2.05, 4.69) is 34.2 Å². The van der Waals surface area contributed by atoms with Gasteiger partial charge in [0.2, 0.25) is 11.9 Å². The molecule has 0 unspecified atom stereocenters. The van der Waals surface area contributed by atoms with Crippen LogP contribution in [0.25, 0.3) is 22.3 Å². The van der Waals surface area contributed by atoms with Crippen molar-refractivity contribution in [2.24, 2.45) is 7.05 Å². The highest BCUT2D eigenvalue weighted by Gasteiger charge is 2.15. The zero-order chi connectivity index (χ0) is 23.4. The molecule has 8 nitrogen and oxygen atoms in total. The molecule has 168 valence electrons. The Labute approximate surface area is 192 Å². The van der Waals surface area contributed by atoms with Gasteiger partial charge in [0.25, 0.3) is 0 Å². The summed E-state index contributed by atoms with van der Waals surface area (Å²) in [4.78, 5) is 21.1. The number of aryl methyl sites for hydroxylation is 2. The first-order valence-electron chi connectivity index (χ1n) is 10.7. The first-order valence-corrected chi connectivity index (χ1v) is 10.7. The number of amides is 1. The molecule has 0 radical (unpaired) electrons. The predicted octanol–water partition coefficient (Wildman–Crippen LogP) is 4.86. The fourth-order valence-electron chi connectivity index (χ4n) is 3.79. The quantitative estimate of drug-likeness (QED) is 0.379. The summed E-state index contributed by atoms with van der Waals surface area (Å²) in [6.45, 7) is 5.62. The van der Waals surface area contributed by atoms with Crippen molar-refractivity contribution in [1.82, 2.24) is 19.7 Å². The molecule has 4 rings (SSSR count). The molecule has 0 aliphatic carbocycles. The minimum atomic E-state index is -0.273. The van der Waals surface area contributed by atoms with Crippen molar-refractivity contribution >= 4 is 34.1 Å². The minimum absolute atomic E-state index is 0.273. The van der Waals surface area contributed by atoms with E-state index in [1.165, 1.54) is 6.08 Å². The Kier molecular flexibility index (Phi) is 6.35. The van der Waals surface area contributed by atoms with E-state index >= 15 is 0 Å². The van der Waals surface area contributed by atoms with Crippen molar-refractivity contribution < 1.29 is 9.53 Å². The van der Waals surface area contributed by atoms with E-state index in [1.807, 2.05) is 54.2 Å². The van der Waals surface area contributed by atoms with E-state index in [4.69, 9.17) is 9.72 Å². The highest BCUT2D eigenvalue weighted by Crippen LogP contribution is 2.34. The van der Waals surface area contributed by atoms with Crippen LogP contribution in [0, 0.1) is 0 Å². The van der Waals surface area contributed by atoms with Crippen molar-refractivity contribution in [3.63, 3.8) is 0 Å². The smallest absolute Gasteiger partial charge is 0.247 e. The molecule has 0 aliphatic heterocycles. The molecule has 4 aromatic rings. The fraction of sp³-hybridized carbons (Fsp3) is 0.200. The van der Waals surface area contributed by atoms with Gasteiger partial charge < -0.3 is 15.4 Å². The van der Waals surface area contributed by atoms with Gasteiger partial charge in [-0.3, -0.25) is 9.48 Å². The number of rotatable bonds is 8. The highest BCUT2D eigenvalue weighted by molar-refractivity contribution is 6.00. The van der Waals surface area contributed by atoms with Crippen LogP contribution < -0.4 is 15.4 Å². The third-order valence-electron chi connectivity index (χ3n) is 5.27. The van der Waals surface area contributed by atoms with Gasteiger partial charge in [0, 0.05) is 24.3 Å². The monoisotopic (exact) mass is 442 g/mol. The standard InChI is InChI=1S/C25H26N6O2/c1-5-9-16-14-22(33-4)21(15-20(16)27-23(32)6-2)29-25-26-13-12-19(28-25)24-17-10-7-8-11-18(17)30-31(24)3/h6-8,10-15H,2,5,9H2,1,3-4H3,(H,27,32)(H,26,28,29). The van der Waals surface area contributed by atoms with Crippen LogP contribution in [0.1, 0.15) is 18.9 Å². The summed E-state index contributed by atoms with van der Waals surface area (Å²) in [6.07, 6.45) is 4.67. The van der Waals surface area contributed by atoms with E-state index in [1.54, 1.807) is 13.3 Å². The van der Waals surface area contributed by atoms with Crippen LogP contribution in [0.4, 0.5) is 17.3 Å². The fourth-order valence-corrected chi connectivity index (χ4v) is 3.79. The zero-order valence-electron chi connectivity index (χ0n) is 18.9. The van der Waals surface area contributed by atoms with E-state index < -0.39 is 0 Å². The lowest BCUT2D eigenvalue weighted by Gasteiger charge is -2.16. The lowest BCUT2D eigenvalue weighted by Crippen LogP contribution is -2.11. The summed E-state index contributed by atoms with van der Waals surface area (Å²) in [5.41, 5.74) is 4.86. The van der Waals surface area contributed by atoms with Gasteiger partial charge in [-0.25, -0.2) is 9.97 Å². The van der Waals surface area contributed by atoms with Crippen molar-refractivity contribution in [3.05, 3.63) is 66.9 Å². The number of fused-ring (bicyclic) bond motifs is 1. The molecule has 8 heteroatoms. The van der Waals surface area contributed by atoms with Crippen LogP contribution >= 0.6 is 0 Å². The van der Waals surface area contributed by atoms with Gasteiger partial charge >= 0.3 is 0 Å². The second-order valence-electron chi connectivity index (χ2n) is 7.53. The molecule has 0 aliphatic rings. The minimum Gasteiger partial charge on any atom is -0.495 e. The Morgan fingerprint density at radius 3 is 2.79 bits per heavy atom. The number of aromatic nitrogens is 4. The Hall–Kier alpha value is -4.20. The topological polar surface area (TPSA) is 94.0 Å². The highest BCUT2D eigenvalue weighted by atomic mass is 16.5. The third kappa shape index (κ3) is 4.55. The summed E-state index contributed by atoms with van der Waals surface area (Å²) in [5.74, 6) is 0.764. The van der Waals surface area contributed by atoms with Gasteiger partial charge in [-0.1, -0.05) is 38.1 Å². The number of ether oxygens (including phenoxy) is 1. The molecule has 2 heterocycles. The average Bonchev–Trinajstić information content (AvgIpc) is 3.16. The Bertz CT molecular complexity index is 1330. The summed E-state index contributed by atoms with van der Waals surface area (Å²) in [5, 5.41) is 11.7. The molecule has 1 amide bonds. The number of hydrogen-bond donors (Lipinski definition) is 2. The van der Waals surface area contributed by atoms with Crippen molar-refractivity contribution in [1.29, 1.82) is 0 Å². The van der Waals surface area contributed by atoms with Gasteiger partial charge in [-0.2, -0.15) is 5.10 Å². The Morgan fingerprint density at radius 1 is 1.21 bits per heavy atom. The number of carbonyl (C=O) groups excluding carboxylic acids is 1. The van der Waals surface area contributed by atoms with Crippen LogP contribution in [0.3, 0.4) is 0 Å². The molecule has 0 saturated carbocycles. The van der Waals surface area contributed by atoms with Gasteiger partial charge in [0.15, 0.2) is 0 Å². The van der Waals surface area contributed by atoms with Crippen molar-refractivity contribution in [2.75, 3.05) is 17.7 Å². The number of carbonyl (C=O) groups is 1. The van der Waals surface area contributed by atoms with E-state index in [0.717, 1.165) is 40.7 Å². The average molecular weight is 443 g/mol. The molecule has 0 fully saturated rings. The maximum absolute atomic E-state index is 12.0. The third-order valence-corrected chi connectivity index (χ3v) is 5.27. The van der Waals surface area contributed by atoms with Crippen LogP contribution in [0.5, 0.6) is 5.75 Å². The van der Waals surface area contributed by atoms with Gasteiger partial charge in [-0.15, -0.1) is 0 Å². The molecule has 0 bridgehead atoms. The molecule has 0 saturated heterocycles. The molecular weight excluding hydrogens is 416 g/mol. The van der Waals surface area contributed by atoms with Crippen molar-refractivity contribution in [3.8, 4) is 17.1 Å². The van der Waals surface area contributed by atoms with Gasteiger partial charge in [0.05, 0.1) is 29.7 Å². The molecule has 2 aromatic heterocycles. The van der Waals surface area contributed by atoms with E-state index in [0.29, 0.717) is 23.1 Å². The number of hydrogen-bond acceptors (Lipinski definition) is 6. The molecule has 33 heavy (non-hydrogen) atoms. The Morgan fingerprint density at radius 2 is 2.03 bits per heavy atom. The first-order chi connectivity index (χ1) is 16.0. The second-order valence-corrected chi connectivity index (χ2v) is 7.53. The SMILES string of the molecule is C=CC(=O)Nc1cc(Nc2nccc(-c3c4ccccc4nn3C)n2)c(OC)cc1CCC. The van der Waals surface area contributed by atoms with Crippen LogP contribution in [0.2, 0.25) is 0 Å². The zero-order valence-corrected chi connectivity index (χ0v) is 18.9. The molecule has 0 atom stereocenters. The number of benzene rings is 2. The first kappa shape index (κ1) is 22.0. The Balaban J connectivity index is 1.73. The lowest BCUT2D eigenvalue weighted by atomic mass is 10.1. The van der Waals surface area contributed by atoms with Crippen molar-refractivity contribution in [2.45, 2.75) is 19.8 Å². The summed E-state index contributed by atoms with van der Waals surface area (Å²) < 4.78 is 7.42. The second kappa shape index (κ2) is 9.52. The maximum atomic E-state index is 12.0. The van der Waals surface area contributed by atoms with E-state index in [-0.39, 0.29) is 5.91 Å². The summed E-state index contributed by atoms with van der Waals surface area (Å²) in [6, 6.07) is 13.5. The predicted molar refractivity (Wildman–Crippen MR) is 131 cm³/mol. The van der Waals surface area contributed by atoms with Gasteiger partial charge in [-0.05, 0) is 42.3 Å². The number of nitrogens with zero attached hydrogens (tertiary/aromatic N) is 4.